The number of benzene rings is 2. The second-order valence-corrected chi connectivity index (χ2v) is 9.01. The van der Waals surface area contributed by atoms with Crippen LogP contribution in [0.15, 0.2) is 40.9 Å². The largest absolute Gasteiger partial charge is 0.322 e. The molecule has 1 fully saturated rings. The van der Waals surface area contributed by atoms with Gasteiger partial charge in [0.25, 0.3) is 5.91 Å². The Morgan fingerprint density at radius 1 is 1.23 bits per heavy atom. The Bertz CT molecular complexity index is 1020. The van der Waals surface area contributed by atoms with Gasteiger partial charge in [0.15, 0.2) is 0 Å². The minimum atomic E-state index is -3.71. The van der Waals surface area contributed by atoms with Gasteiger partial charge in [0.05, 0.1) is 22.0 Å². The van der Waals surface area contributed by atoms with E-state index in [-0.39, 0.29) is 28.4 Å². The Kier molecular flexibility index (Phi) is 5.09. The van der Waals surface area contributed by atoms with Crippen LogP contribution in [-0.2, 0) is 14.8 Å². The number of carbonyl (C=O) groups excluding carboxylic acids is 2. The molecule has 9 heteroatoms. The van der Waals surface area contributed by atoms with E-state index in [0.29, 0.717) is 5.69 Å². The first-order chi connectivity index (χ1) is 12.2. The van der Waals surface area contributed by atoms with Gasteiger partial charge in [0.2, 0.25) is 15.9 Å². The van der Waals surface area contributed by atoms with E-state index in [1.165, 1.54) is 18.2 Å². The van der Waals surface area contributed by atoms with Gasteiger partial charge < -0.3 is 5.32 Å². The van der Waals surface area contributed by atoms with E-state index in [4.69, 9.17) is 11.6 Å². The van der Waals surface area contributed by atoms with Crippen molar-refractivity contribution in [3.63, 3.8) is 0 Å². The summed E-state index contributed by atoms with van der Waals surface area (Å²) in [5.74, 6) is -1.27. The van der Waals surface area contributed by atoms with E-state index in [1.54, 1.807) is 12.1 Å². The minimum Gasteiger partial charge on any atom is -0.322 e. The van der Waals surface area contributed by atoms with Crippen molar-refractivity contribution >= 4 is 60.7 Å². The lowest BCUT2D eigenvalue weighted by Crippen LogP contribution is -2.29. The van der Waals surface area contributed by atoms with Gasteiger partial charge in [-0.05, 0) is 42.8 Å². The van der Waals surface area contributed by atoms with Gasteiger partial charge in [-0.3, -0.25) is 9.59 Å². The zero-order valence-corrected chi connectivity index (χ0v) is 16.8. The predicted octanol–water partition coefficient (Wildman–Crippen LogP) is 3.73. The highest BCUT2D eigenvalue weighted by Crippen LogP contribution is 2.30. The molecule has 3 rings (SSSR count). The van der Waals surface area contributed by atoms with E-state index in [1.807, 2.05) is 13.0 Å². The van der Waals surface area contributed by atoms with E-state index in [2.05, 4.69) is 21.2 Å². The number of hydrogen-bond donors (Lipinski definition) is 1. The van der Waals surface area contributed by atoms with Crippen LogP contribution in [-0.4, -0.2) is 26.0 Å². The summed E-state index contributed by atoms with van der Waals surface area (Å²) in [7, 11) is -3.71. The molecule has 0 unspecified atom stereocenters. The lowest BCUT2D eigenvalue weighted by molar-refractivity contribution is -0.116. The third kappa shape index (κ3) is 3.62. The van der Waals surface area contributed by atoms with Crippen molar-refractivity contribution in [1.82, 2.24) is 0 Å². The van der Waals surface area contributed by atoms with Crippen LogP contribution in [0, 0.1) is 6.92 Å². The van der Waals surface area contributed by atoms with Gasteiger partial charge >= 0.3 is 0 Å². The number of rotatable bonds is 3. The molecule has 0 bridgehead atoms. The zero-order chi connectivity index (χ0) is 19.1. The molecule has 1 N–H and O–H groups in total. The fraction of sp³-hybridized carbons (Fsp3) is 0.176. The SMILES string of the molecule is Cc1ccc(NC(=O)c2cc(N3C(=O)CCS3(=O)=O)ccc2Cl)cc1Br. The molecule has 1 aliphatic heterocycles. The predicted molar refractivity (Wildman–Crippen MR) is 104 cm³/mol. The molecule has 2 aromatic rings. The Hall–Kier alpha value is -1.90. The normalized spacial score (nSPS) is 16.0. The summed E-state index contributed by atoms with van der Waals surface area (Å²) >= 11 is 9.50. The van der Waals surface area contributed by atoms with Gasteiger partial charge in [0.1, 0.15) is 0 Å². The van der Waals surface area contributed by atoms with Crippen molar-refractivity contribution in [2.24, 2.45) is 0 Å². The van der Waals surface area contributed by atoms with Crippen LogP contribution in [0.25, 0.3) is 0 Å². The van der Waals surface area contributed by atoms with Crippen molar-refractivity contribution in [1.29, 1.82) is 0 Å². The monoisotopic (exact) mass is 456 g/mol. The molecule has 0 aromatic heterocycles. The van der Waals surface area contributed by atoms with Crippen molar-refractivity contribution in [2.45, 2.75) is 13.3 Å². The first-order valence-corrected chi connectivity index (χ1v) is 10.4. The minimum absolute atomic E-state index is 0.0794. The topological polar surface area (TPSA) is 83.6 Å². The molecule has 0 atom stereocenters. The molecule has 0 spiro atoms. The number of aryl methyl sites for hydroxylation is 1. The van der Waals surface area contributed by atoms with Crippen molar-refractivity contribution in [3.8, 4) is 0 Å². The van der Waals surface area contributed by atoms with E-state index in [9.17, 15) is 18.0 Å². The third-order valence-corrected chi connectivity index (χ3v) is 6.81. The van der Waals surface area contributed by atoms with E-state index >= 15 is 0 Å². The number of nitrogens with zero attached hydrogens (tertiary/aromatic N) is 1. The first kappa shape index (κ1) is 18.9. The fourth-order valence-electron chi connectivity index (χ4n) is 2.55. The average molecular weight is 458 g/mol. The highest BCUT2D eigenvalue weighted by atomic mass is 79.9. The summed E-state index contributed by atoms with van der Waals surface area (Å²) in [4.78, 5) is 24.5. The van der Waals surface area contributed by atoms with Crippen LogP contribution in [0.1, 0.15) is 22.3 Å². The van der Waals surface area contributed by atoms with Crippen LogP contribution in [0.5, 0.6) is 0 Å². The molecule has 1 heterocycles. The number of nitrogens with one attached hydrogen (secondary N) is 1. The first-order valence-electron chi connectivity index (χ1n) is 7.62. The van der Waals surface area contributed by atoms with Gasteiger partial charge in [-0.1, -0.05) is 33.6 Å². The number of halogens is 2. The number of sulfonamides is 1. The quantitative estimate of drug-likeness (QED) is 0.761. The van der Waals surface area contributed by atoms with Crippen LogP contribution < -0.4 is 9.62 Å². The van der Waals surface area contributed by atoms with Crippen molar-refractivity contribution in [2.75, 3.05) is 15.4 Å². The van der Waals surface area contributed by atoms with Gasteiger partial charge in [-0.15, -0.1) is 0 Å². The lowest BCUT2D eigenvalue weighted by Gasteiger charge is -2.16. The molecule has 0 radical (unpaired) electrons. The van der Waals surface area contributed by atoms with Crippen LogP contribution >= 0.6 is 27.5 Å². The molecular formula is C17H14BrClN2O4S. The lowest BCUT2D eigenvalue weighted by atomic mass is 10.1. The van der Waals surface area contributed by atoms with Gasteiger partial charge in [0, 0.05) is 16.6 Å². The standard InChI is InChI=1S/C17H14BrClN2O4S/c1-10-2-3-11(8-14(10)18)20-17(23)13-9-12(4-5-15(13)19)21-16(22)6-7-26(21,24)25/h2-5,8-9H,6-7H2,1H3,(H,20,23). The number of carbonyl (C=O) groups is 2. The molecule has 2 aromatic carbocycles. The van der Waals surface area contributed by atoms with Crippen LogP contribution in [0.2, 0.25) is 5.02 Å². The Morgan fingerprint density at radius 2 is 1.96 bits per heavy atom. The van der Waals surface area contributed by atoms with Gasteiger partial charge in [-0.25, -0.2) is 12.7 Å². The molecule has 26 heavy (non-hydrogen) atoms. The summed E-state index contributed by atoms with van der Waals surface area (Å²) in [5.41, 5.74) is 1.75. The zero-order valence-electron chi connectivity index (χ0n) is 13.6. The van der Waals surface area contributed by atoms with Gasteiger partial charge in [-0.2, -0.15) is 0 Å². The molecular weight excluding hydrogens is 444 g/mol. The second kappa shape index (κ2) is 7.02. The third-order valence-electron chi connectivity index (χ3n) is 3.94. The maximum atomic E-state index is 12.6. The summed E-state index contributed by atoms with van der Waals surface area (Å²) in [5, 5.41) is 2.86. The Labute approximate surface area is 164 Å². The summed E-state index contributed by atoms with van der Waals surface area (Å²) in [6, 6.07) is 9.44. The molecule has 0 aliphatic carbocycles. The number of amides is 2. The summed E-state index contributed by atoms with van der Waals surface area (Å²) in [6.45, 7) is 1.92. The highest BCUT2D eigenvalue weighted by Gasteiger charge is 2.36. The molecule has 0 saturated carbocycles. The van der Waals surface area contributed by atoms with Crippen LogP contribution in [0.4, 0.5) is 11.4 Å². The molecule has 1 saturated heterocycles. The number of hydrogen-bond acceptors (Lipinski definition) is 4. The van der Waals surface area contributed by atoms with Crippen molar-refractivity contribution < 1.29 is 18.0 Å². The second-order valence-electron chi connectivity index (χ2n) is 5.81. The molecule has 6 nitrogen and oxygen atoms in total. The maximum Gasteiger partial charge on any atom is 0.257 e. The molecule has 136 valence electrons. The Morgan fingerprint density at radius 3 is 2.58 bits per heavy atom. The summed E-state index contributed by atoms with van der Waals surface area (Å²) in [6.07, 6.45) is -0.0795. The van der Waals surface area contributed by atoms with E-state index < -0.39 is 21.8 Å². The highest BCUT2D eigenvalue weighted by molar-refractivity contribution is 9.10. The Balaban J connectivity index is 1.93. The van der Waals surface area contributed by atoms with Crippen LogP contribution in [0.3, 0.4) is 0 Å². The average Bonchev–Trinajstić information content (AvgIpc) is 2.85. The number of anilines is 2. The molecule has 2 amide bonds. The summed E-state index contributed by atoms with van der Waals surface area (Å²) < 4.78 is 25.7. The van der Waals surface area contributed by atoms with E-state index in [0.717, 1.165) is 14.3 Å². The smallest absolute Gasteiger partial charge is 0.257 e. The fourth-order valence-corrected chi connectivity index (χ4v) is 4.59. The van der Waals surface area contributed by atoms with Crippen molar-refractivity contribution in [3.05, 3.63) is 57.0 Å². The molecule has 1 aliphatic rings. The maximum absolute atomic E-state index is 12.6.